The van der Waals surface area contributed by atoms with Gasteiger partial charge in [-0.05, 0) is 0 Å². The molecular weight excluding hydrogens is 215 g/mol. The van der Waals surface area contributed by atoms with E-state index in [1.54, 1.807) is 0 Å². The SMILES string of the molecule is Cc1ccc[c-]c1-c1[c-]cccc1.[Ni+2]. The number of benzene rings is 2. The van der Waals surface area contributed by atoms with Gasteiger partial charge in [0.2, 0.25) is 0 Å². The summed E-state index contributed by atoms with van der Waals surface area (Å²) in [6.07, 6.45) is 0. The molecule has 0 aliphatic heterocycles. The van der Waals surface area contributed by atoms with Crippen LogP contribution >= 0.6 is 0 Å². The van der Waals surface area contributed by atoms with Gasteiger partial charge in [0, 0.05) is 0 Å². The van der Waals surface area contributed by atoms with Crippen molar-refractivity contribution in [3.63, 3.8) is 0 Å². The minimum Gasteiger partial charge on any atom is -0.226 e. The van der Waals surface area contributed by atoms with E-state index < -0.39 is 0 Å². The maximum Gasteiger partial charge on any atom is 2.00 e. The van der Waals surface area contributed by atoms with Gasteiger partial charge < -0.3 is 0 Å². The average molecular weight is 225 g/mol. The number of rotatable bonds is 1. The smallest absolute Gasteiger partial charge is 0.226 e. The quantitative estimate of drug-likeness (QED) is 0.516. The molecule has 0 nitrogen and oxygen atoms in total. The Hall–Kier alpha value is -1.07. The summed E-state index contributed by atoms with van der Waals surface area (Å²) in [5.74, 6) is 0. The average Bonchev–Trinajstić information content (AvgIpc) is 2.20. The summed E-state index contributed by atoms with van der Waals surface area (Å²) in [4.78, 5) is 0. The fraction of sp³-hybridized carbons (Fsp3) is 0.0769. The van der Waals surface area contributed by atoms with Gasteiger partial charge in [-0.15, -0.1) is 12.1 Å². The van der Waals surface area contributed by atoms with Gasteiger partial charge in [0.1, 0.15) is 0 Å². The molecule has 1 heteroatoms. The summed E-state index contributed by atoms with van der Waals surface area (Å²) in [6, 6.07) is 20.4. The van der Waals surface area contributed by atoms with Crippen LogP contribution in [-0.4, -0.2) is 0 Å². The molecule has 0 unspecified atom stereocenters. The van der Waals surface area contributed by atoms with Crippen LogP contribution in [0.5, 0.6) is 0 Å². The van der Waals surface area contributed by atoms with Crippen LogP contribution in [0.3, 0.4) is 0 Å². The van der Waals surface area contributed by atoms with Crippen molar-refractivity contribution in [3.8, 4) is 11.1 Å². The van der Waals surface area contributed by atoms with E-state index in [-0.39, 0.29) is 16.5 Å². The zero-order valence-electron chi connectivity index (χ0n) is 7.86. The molecule has 14 heavy (non-hydrogen) atoms. The van der Waals surface area contributed by atoms with Crippen LogP contribution in [0.25, 0.3) is 11.1 Å². The molecule has 2 rings (SSSR count). The molecular formula is C13H10Ni. The zero-order valence-corrected chi connectivity index (χ0v) is 8.85. The summed E-state index contributed by atoms with van der Waals surface area (Å²) in [7, 11) is 0. The van der Waals surface area contributed by atoms with Crippen LogP contribution in [-0.2, 0) is 16.5 Å². The molecule has 72 valence electrons. The normalized spacial score (nSPS) is 9.21. The third-order valence-corrected chi connectivity index (χ3v) is 2.04. The maximum absolute atomic E-state index is 3.22. The first-order chi connectivity index (χ1) is 6.38. The number of hydrogen-bond donors (Lipinski definition) is 0. The third kappa shape index (κ3) is 2.24. The van der Waals surface area contributed by atoms with Gasteiger partial charge in [-0.3, -0.25) is 0 Å². The van der Waals surface area contributed by atoms with Crippen molar-refractivity contribution >= 4 is 0 Å². The molecule has 2 aromatic carbocycles. The Kier molecular flexibility index (Phi) is 3.91. The second kappa shape index (κ2) is 4.98. The Labute approximate surface area is 94.9 Å². The molecule has 0 N–H and O–H groups in total. The summed E-state index contributed by atoms with van der Waals surface area (Å²) in [5, 5.41) is 0. The maximum atomic E-state index is 3.22. The Balaban J connectivity index is 0.000000980. The Morgan fingerprint density at radius 1 is 0.929 bits per heavy atom. The molecule has 0 heterocycles. The largest absolute Gasteiger partial charge is 2.00 e. The molecule has 0 aliphatic rings. The molecule has 0 atom stereocenters. The van der Waals surface area contributed by atoms with Gasteiger partial charge in [-0.2, -0.15) is 48.0 Å². The molecule has 0 amide bonds. The molecule has 0 aromatic heterocycles. The van der Waals surface area contributed by atoms with Crippen LogP contribution < -0.4 is 0 Å². The first kappa shape index (κ1) is 11.0. The van der Waals surface area contributed by atoms with Crippen LogP contribution in [0.1, 0.15) is 5.56 Å². The van der Waals surface area contributed by atoms with E-state index in [2.05, 4.69) is 31.2 Å². The summed E-state index contributed by atoms with van der Waals surface area (Å²) in [5.41, 5.74) is 3.49. The van der Waals surface area contributed by atoms with E-state index in [1.807, 2.05) is 30.3 Å². The second-order valence-electron chi connectivity index (χ2n) is 3.00. The summed E-state index contributed by atoms with van der Waals surface area (Å²) in [6.45, 7) is 2.09. The van der Waals surface area contributed by atoms with Crippen molar-refractivity contribution in [3.05, 3.63) is 60.2 Å². The number of hydrogen-bond acceptors (Lipinski definition) is 0. The molecule has 0 radical (unpaired) electrons. The van der Waals surface area contributed by atoms with E-state index in [0.29, 0.717) is 0 Å². The van der Waals surface area contributed by atoms with E-state index in [4.69, 9.17) is 0 Å². The Morgan fingerprint density at radius 2 is 1.71 bits per heavy atom. The third-order valence-electron chi connectivity index (χ3n) is 2.04. The fourth-order valence-corrected chi connectivity index (χ4v) is 1.36. The topological polar surface area (TPSA) is 0 Å². The molecule has 0 spiro atoms. The Morgan fingerprint density at radius 3 is 2.36 bits per heavy atom. The van der Waals surface area contributed by atoms with Crippen LogP contribution in [0, 0.1) is 19.1 Å². The first-order valence-corrected chi connectivity index (χ1v) is 4.32. The van der Waals surface area contributed by atoms with Gasteiger partial charge >= 0.3 is 16.5 Å². The predicted octanol–water partition coefficient (Wildman–Crippen LogP) is 3.26. The second-order valence-corrected chi connectivity index (χ2v) is 3.00. The molecule has 2 aromatic rings. The van der Waals surface area contributed by atoms with Gasteiger partial charge in [-0.1, -0.05) is 6.92 Å². The predicted molar refractivity (Wildman–Crippen MR) is 54.3 cm³/mol. The number of aryl methyl sites for hydroxylation is 1. The van der Waals surface area contributed by atoms with E-state index in [0.717, 1.165) is 11.1 Å². The summed E-state index contributed by atoms with van der Waals surface area (Å²) < 4.78 is 0. The monoisotopic (exact) mass is 224 g/mol. The minimum atomic E-state index is 0. The van der Waals surface area contributed by atoms with Crippen LogP contribution in [0.15, 0.2) is 42.5 Å². The van der Waals surface area contributed by atoms with Crippen LogP contribution in [0.2, 0.25) is 0 Å². The Bertz CT molecular complexity index is 393. The van der Waals surface area contributed by atoms with Gasteiger partial charge in [-0.25, -0.2) is 11.1 Å². The van der Waals surface area contributed by atoms with E-state index >= 15 is 0 Å². The zero-order chi connectivity index (χ0) is 9.10. The molecule has 0 aliphatic carbocycles. The molecule has 0 fully saturated rings. The molecule has 0 saturated heterocycles. The summed E-state index contributed by atoms with van der Waals surface area (Å²) >= 11 is 0. The van der Waals surface area contributed by atoms with Gasteiger partial charge in [0.15, 0.2) is 0 Å². The standard InChI is InChI=1S/C13H10.Ni/c1-11-7-5-6-10-13(11)12-8-3-2-4-9-12;/h2-8H,1H3;/q-2;+2. The van der Waals surface area contributed by atoms with Crippen LogP contribution in [0.4, 0.5) is 0 Å². The van der Waals surface area contributed by atoms with E-state index in [9.17, 15) is 0 Å². The first-order valence-electron chi connectivity index (χ1n) is 4.32. The van der Waals surface area contributed by atoms with Crippen molar-refractivity contribution in [1.82, 2.24) is 0 Å². The van der Waals surface area contributed by atoms with Crippen molar-refractivity contribution < 1.29 is 16.5 Å². The van der Waals surface area contributed by atoms with Gasteiger partial charge in [0.25, 0.3) is 0 Å². The molecule has 0 saturated carbocycles. The van der Waals surface area contributed by atoms with Crippen molar-refractivity contribution in [2.45, 2.75) is 6.92 Å². The van der Waals surface area contributed by atoms with Gasteiger partial charge in [0.05, 0.1) is 0 Å². The fourth-order valence-electron chi connectivity index (χ4n) is 1.36. The molecule has 0 bridgehead atoms. The van der Waals surface area contributed by atoms with Crippen molar-refractivity contribution in [1.29, 1.82) is 0 Å². The van der Waals surface area contributed by atoms with Crippen molar-refractivity contribution in [2.75, 3.05) is 0 Å². The van der Waals surface area contributed by atoms with E-state index in [1.165, 1.54) is 5.56 Å². The minimum absolute atomic E-state index is 0. The van der Waals surface area contributed by atoms with Crippen molar-refractivity contribution in [2.24, 2.45) is 0 Å².